The fourth-order valence-corrected chi connectivity index (χ4v) is 10.3. The molecule has 11 nitrogen and oxygen atoms in total. The van der Waals surface area contributed by atoms with Gasteiger partial charge < -0.3 is 29.6 Å². The maximum atomic E-state index is 14.8. The first-order valence-electron chi connectivity index (χ1n) is 16.0. The van der Waals surface area contributed by atoms with Crippen molar-refractivity contribution in [3.63, 3.8) is 0 Å². The van der Waals surface area contributed by atoms with Crippen LogP contribution in [0.2, 0.25) is 18.6 Å². The Balaban J connectivity index is 1.27. The second-order valence-corrected chi connectivity index (χ2v) is 17.9. The molecular formula is C35H40BrN5O6Si. The van der Waals surface area contributed by atoms with Gasteiger partial charge in [-0.3, -0.25) is 14.3 Å². The van der Waals surface area contributed by atoms with Gasteiger partial charge in [-0.15, -0.1) is 5.10 Å². The molecule has 0 aliphatic carbocycles. The van der Waals surface area contributed by atoms with Gasteiger partial charge in [0.15, 0.2) is 13.9 Å². The van der Waals surface area contributed by atoms with Gasteiger partial charge >= 0.3 is 0 Å². The molecule has 0 radical (unpaired) electrons. The number of benzene rings is 3. The van der Waals surface area contributed by atoms with Crippen LogP contribution in [-0.4, -0.2) is 64.8 Å². The number of nitrogens with zero attached hydrogens (tertiary/aromatic N) is 4. The van der Waals surface area contributed by atoms with Crippen LogP contribution in [0.3, 0.4) is 0 Å². The molecule has 0 bridgehead atoms. The normalized spacial score (nSPS) is 21.9. The number of hydrogen-bond donors (Lipinski definition) is 3. The van der Waals surface area contributed by atoms with Gasteiger partial charge in [0.2, 0.25) is 0 Å². The molecule has 48 heavy (non-hydrogen) atoms. The number of aliphatic hydroxyl groups is 1. The lowest BCUT2D eigenvalue weighted by Crippen LogP contribution is -2.46. The third-order valence-corrected chi connectivity index (χ3v) is 12.4. The Kier molecular flexibility index (Phi) is 9.60. The minimum Gasteiger partial charge on any atom is -0.497 e. The fourth-order valence-electron chi connectivity index (χ4n) is 7.29. The minimum absolute atomic E-state index is 0.00690. The molecule has 13 heteroatoms. The van der Waals surface area contributed by atoms with E-state index in [1.165, 1.54) is 0 Å². The molecule has 0 saturated carbocycles. The number of aryl methyl sites for hydroxylation is 1. The van der Waals surface area contributed by atoms with Crippen LogP contribution >= 0.6 is 15.9 Å². The van der Waals surface area contributed by atoms with Crippen molar-refractivity contribution in [3.8, 4) is 5.75 Å². The van der Waals surface area contributed by atoms with Crippen molar-refractivity contribution in [2.45, 2.75) is 63.2 Å². The second-order valence-electron chi connectivity index (χ2n) is 13.0. The van der Waals surface area contributed by atoms with Gasteiger partial charge in [0, 0.05) is 58.5 Å². The van der Waals surface area contributed by atoms with Crippen LogP contribution in [0.1, 0.15) is 40.5 Å². The maximum absolute atomic E-state index is 14.8. The zero-order valence-corrected chi connectivity index (χ0v) is 30.0. The van der Waals surface area contributed by atoms with Crippen molar-refractivity contribution in [2.75, 3.05) is 23.9 Å². The van der Waals surface area contributed by atoms with Crippen LogP contribution in [0.4, 0.5) is 11.4 Å². The van der Waals surface area contributed by atoms with Crippen molar-refractivity contribution < 1.29 is 29.0 Å². The summed E-state index contributed by atoms with van der Waals surface area (Å²) in [7, 11) is -1.26. The van der Waals surface area contributed by atoms with Crippen LogP contribution in [0.15, 0.2) is 77.4 Å². The number of halogens is 1. The summed E-state index contributed by atoms with van der Waals surface area (Å²) >= 11 is 3.62. The van der Waals surface area contributed by atoms with Gasteiger partial charge in [0.1, 0.15) is 5.75 Å². The van der Waals surface area contributed by atoms with Crippen molar-refractivity contribution in [1.29, 1.82) is 0 Å². The van der Waals surface area contributed by atoms with Gasteiger partial charge in [-0.25, -0.2) is 0 Å². The molecule has 3 heterocycles. The lowest BCUT2D eigenvalue weighted by Gasteiger charge is -2.32. The van der Waals surface area contributed by atoms with E-state index in [2.05, 4.69) is 31.6 Å². The number of carbonyl (C=O) groups is 2. The lowest BCUT2D eigenvalue weighted by atomic mass is 9.82. The molecule has 1 fully saturated rings. The van der Waals surface area contributed by atoms with E-state index in [1.54, 1.807) is 41.0 Å². The van der Waals surface area contributed by atoms with Crippen LogP contribution in [0, 0.1) is 5.92 Å². The molecule has 2 aliphatic heterocycles. The molecule has 2 amide bonds. The Morgan fingerprint density at radius 2 is 1.92 bits per heavy atom. The van der Waals surface area contributed by atoms with Crippen molar-refractivity contribution in [2.24, 2.45) is 5.92 Å². The highest BCUT2D eigenvalue weighted by Crippen LogP contribution is 2.60. The number of anilines is 2. The molecule has 6 rings (SSSR count). The Hall–Kier alpha value is -3.88. The first-order valence-corrected chi connectivity index (χ1v) is 19.8. The Bertz CT molecular complexity index is 1810. The zero-order valence-electron chi connectivity index (χ0n) is 27.4. The summed E-state index contributed by atoms with van der Waals surface area (Å²) in [6.45, 7) is 6.58. The number of hydrogen-bond acceptors (Lipinski definition) is 8. The fraction of sp³-hybridized carbons (Fsp3) is 0.371. The molecule has 3 N–H and O–H groups in total. The number of aliphatic hydroxyl groups excluding tert-OH is 1. The highest BCUT2D eigenvalue weighted by Gasteiger charge is 2.66. The molecule has 3 aromatic carbocycles. The van der Waals surface area contributed by atoms with E-state index in [0.29, 0.717) is 42.1 Å². The summed E-state index contributed by atoms with van der Waals surface area (Å²) in [6, 6.07) is 20.2. The summed E-state index contributed by atoms with van der Waals surface area (Å²) in [6.07, 6.45) is 2.36. The van der Waals surface area contributed by atoms with Gasteiger partial charge in [-0.2, -0.15) is 0 Å². The SMILES string of the molecule is COc1ccc(C(=O)Nc2cccc(CN3C(=O)[C@@]4(O[C@@H](CCn5cc(CCO)nn5)[C@H]([Si](C)(C)O)[C@H]4C)c4cc(Br)ccc43)c2)cc1. The highest BCUT2D eigenvalue weighted by molar-refractivity contribution is 9.10. The predicted molar refractivity (Wildman–Crippen MR) is 187 cm³/mol. The minimum atomic E-state index is -2.84. The molecule has 4 atom stereocenters. The summed E-state index contributed by atoms with van der Waals surface area (Å²) in [5, 5.41) is 20.6. The number of ether oxygens (including phenoxy) is 2. The third kappa shape index (κ3) is 6.44. The average Bonchev–Trinajstić information content (AvgIpc) is 3.70. The number of rotatable bonds is 11. The quantitative estimate of drug-likeness (QED) is 0.177. The molecular weight excluding hydrogens is 694 g/mol. The van der Waals surface area contributed by atoms with E-state index in [1.807, 2.05) is 68.7 Å². The number of carbonyl (C=O) groups excluding carboxylic acids is 2. The van der Waals surface area contributed by atoms with E-state index in [4.69, 9.17) is 9.47 Å². The first kappa shape index (κ1) is 34.0. The first-order chi connectivity index (χ1) is 22.9. The summed E-state index contributed by atoms with van der Waals surface area (Å²) in [5.74, 6) is -0.0687. The topological polar surface area (TPSA) is 139 Å². The van der Waals surface area contributed by atoms with Crippen molar-refractivity contribution >= 4 is 47.4 Å². The van der Waals surface area contributed by atoms with Crippen LogP contribution in [-0.2, 0) is 34.6 Å². The molecule has 4 aromatic rings. The summed E-state index contributed by atoms with van der Waals surface area (Å²) in [5.41, 5.74) is 2.66. The Morgan fingerprint density at radius 3 is 2.62 bits per heavy atom. The maximum Gasteiger partial charge on any atom is 0.264 e. The summed E-state index contributed by atoms with van der Waals surface area (Å²) < 4.78 is 14.7. The van der Waals surface area contributed by atoms with Gasteiger partial charge in [-0.1, -0.05) is 40.2 Å². The van der Waals surface area contributed by atoms with E-state index in [0.717, 1.165) is 21.3 Å². The van der Waals surface area contributed by atoms with E-state index < -0.39 is 20.0 Å². The molecule has 0 unspecified atom stereocenters. The largest absolute Gasteiger partial charge is 0.497 e. The van der Waals surface area contributed by atoms with Gasteiger partial charge in [-0.05, 0) is 79.7 Å². The number of amides is 2. The molecule has 1 aromatic heterocycles. The van der Waals surface area contributed by atoms with Crippen LogP contribution in [0.5, 0.6) is 5.75 Å². The van der Waals surface area contributed by atoms with Crippen LogP contribution < -0.4 is 15.0 Å². The number of aromatic nitrogens is 3. The third-order valence-electron chi connectivity index (χ3n) is 9.42. The number of nitrogens with one attached hydrogen (secondary N) is 1. The monoisotopic (exact) mass is 733 g/mol. The van der Waals surface area contributed by atoms with E-state index >= 15 is 0 Å². The lowest BCUT2D eigenvalue weighted by molar-refractivity contribution is -0.146. The molecule has 2 aliphatic rings. The zero-order chi connectivity index (χ0) is 34.2. The van der Waals surface area contributed by atoms with Gasteiger partial charge in [0.05, 0.1) is 31.1 Å². The predicted octanol–water partition coefficient (Wildman–Crippen LogP) is 5.27. The Morgan fingerprint density at radius 1 is 1.15 bits per heavy atom. The Labute approximate surface area is 289 Å². The molecule has 1 saturated heterocycles. The average molecular weight is 735 g/mol. The standard InChI is InChI=1S/C35H40BrN5O6Si/c1-22-32(48(3,4)45)31(14-16-40-21-27(15-17-42)38-39-40)47-35(22)29-19-25(36)10-13-30(29)41(34(35)44)20-23-6-5-7-26(18-23)37-33(43)24-8-11-28(46-2)12-9-24/h5-13,18-19,21-22,31-32,42,45H,14-17,20H2,1-4H3,(H,37,43)/t22-,31+,32-,35+/m1/s1. The smallest absolute Gasteiger partial charge is 0.264 e. The van der Waals surface area contributed by atoms with Crippen molar-refractivity contribution in [1.82, 2.24) is 15.0 Å². The van der Waals surface area contributed by atoms with Gasteiger partial charge in [0.25, 0.3) is 11.8 Å². The number of methoxy groups -OCH3 is 1. The number of fused-ring (bicyclic) bond motifs is 2. The highest BCUT2D eigenvalue weighted by atomic mass is 79.9. The van der Waals surface area contributed by atoms with Crippen LogP contribution in [0.25, 0.3) is 0 Å². The molecule has 252 valence electrons. The summed E-state index contributed by atoms with van der Waals surface area (Å²) in [4.78, 5) is 41.1. The van der Waals surface area contributed by atoms with Crippen molar-refractivity contribution in [3.05, 3.63) is 99.8 Å². The second kappa shape index (κ2) is 13.6. The van der Waals surface area contributed by atoms with E-state index in [9.17, 15) is 19.5 Å². The van der Waals surface area contributed by atoms with E-state index in [-0.39, 0.29) is 36.4 Å². The molecule has 1 spiro atoms.